The third-order valence-corrected chi connectivity index (χ3v) is 3.17. The van der Waals surface area contributed by atoms with Crippen LogP contribution in [0.1, 0.15) is 20.8 Å². The number of ether oxygens (including phenoxy) is 1. The van der Waals surface area contributed by atoms with E-state index < -0.39 is 23.1 Å². The number of rotatable bonds is 4. The number of anilines is 1. The van der Waals surface area contributed by atoms with Gasteiger partial charge in [0.25, 0.3) is 0 Å². The number of esters is 1. The van der Waals surface area contributed by atoms with Crippen molar-refractivity contribution < 1.29 is 27.5 Å². The van der Waals surface area contributed by atoms with E-state index in [9.17, 15) is 22.8 Å². The standard InChI is InChI=1S/C15H19F3N2O3S/c1-14(2,3)23-12(21)9-20(4)13(22)19-10-6-5-7-11(8-10)24-15(16,17)18/h5-8H,9H2,1-4H3,(H,19,22). The minimum atomic E-state index is -4.41. The maximum absolute atomic E-state index is 12.4. The first-order valence-corrected chi connectivity index (χ1v) is 7.77. The molecule has 9 heteroatoms. The summed E-state index contributed by atoms with van der Waals surface area (Å²) in [5, 5.41) is 2.43. The first kappa shape index (κ1) is 20.1. The maximum atomic E-state index is 12.4. The van der Waals surface area contributed by atoms with E-state index in [0.29, 0.717) is 0 Å². The van der Waals surface area contributed by atoms with Gasteiger partial charge in [-0.2, -0.15) is 13.2 Å². The molecule has 1 rings (SSSR count). The highest BCUT2D eigenvalue weighted by Gasteiger charge is 2.29. The van der Waals surface area contributed by atoms with Crippen LogP contribution in [0.3, 0.4) is 0 Å². The molecule has 5 nitrogen and oxygen atoms in total. The molecule has 1 N–H and O–H groups in total. The average Bonchev–Trinajstić information content (AvgIpc) is 2.34. The molecule has 134 valence electrons. The predicted molar refractivity (Wildman–Crippen MR) is 85.8 cm³/mol. The van der Waals surface area contributed by atoms with Crippen molar-refractivity contribution in [1.29, 1.82) is 0 Å². The van der Waals surface area contributed by atoms with Crippen LogP contribution in [0.25, 0.3) is 0 Å². The summed E-state index contributed by atoms with van der Waals surface area (Å²) in [6, 6.07) is 4.72. The number of nitrogens with zero attached hydrogens (tertiary/aromatic N) is 1. The monoisotopic (exact) mass is 364 g/mol. The van der Waals surface area contributed by atoms with Gasteiger partial charge in [0.05, 0.1) is 0 Å². The van der Waals surface area contributed by atoms with Gasteiger partial charge >= 0.3 is 17.5 Å². The van der Waals surface area contributed by atoms with Gasteiger partial charge in [0, 0.05) is 17.6 Å². The zero-order chi connectivity index (χ0) is 18.5. The van der Waals surface area contributed by atoms with Crippen molar-refractivity contribution in [2.45, 2.75) is 36.8 Å². The van der Waals surface area contributed by atoms with Crippen LogP contribution in [-0.2, 0) is 9.53 Å². The van der Waals surface area contributed by atoms with E-state index in [4.69, 9.17) is 4.74 Å². The van der Waals surface area contributed by atoms with Crippen molar-refractivity contribution in [3.8, 4) is 0 Å². The van der Waals surface area contributed by atoms with Gasteiger partial charge in [0.1, 0.15) is 12.1 Å². The van der Waals surface area contributed by atoms with Gasteiger partial charge in [0.15, 0.2) is 0 Å². The smallest absolute Gasteiger partial charge is 0.446 e. The van der Waals surface area contributed by atoms with Crippen molar-refractivity contribution in [3.63, 3.8) is 0 Å². The van der Waals surface area contributed by atoms with Gasteiger partial charge in [-0.05, 0) is 50.7 Å². The molecule has 0 atom stereocenters. The number of thioether (sulfide) groups is 1. The van der Waals surface area contributed by atoms with Crippen LogP contribution < -0.4 is 5.32 Å². The Kier molecular flexibility index (Phi) is 6.53. The second-order valence-corrected chi connectivity index (χ2v) is 7.09. The molecule has 0 saturated heterocycles. The highest BCUT2D eigenvalue weighted by Crippen LogP contribution is 2.37. The van der Waals surface area contributed by atoms with Crippen LogP contribution in [0, 0.1) is 0 Å². The molecule has 0 aliphatic carbocycles. The zero-order valence-corrected chi connectivity index (χ0v) is 14.5. The normalized spacial score (nSPS) is 11.8. The van der Waals surface area contributed by atoms with Gasteiger partial charge in [0.2, 0.25) is 0 Å². The Morgan fingerprint density at radius 2 is 1.88 bits per heavy atom. The van der Waals surface area contributed by atoms with E-state index in [0.717, 1.165) is 4.90 Å². The molecule has 0 spiro atoms. The summed E-state index contributed by atoms with van der Waals surface area (Å²) < 4.78 is 42.2. The molecular formula is C15H19F3N2O3S. The molecular weight excluding hydrogens is 345 g/mol. The number of urea groups is 1. The summed E-state index contributed by atoms with van der Waals surface area (Å²) in [5.41, 5.74) is -4.88. The minimum absolute atomic E-state index is 0.0462. The molecule has 0 aliphatic heterocycles. The Morgan fingerprint density at radius 1 is 1.25 bits per heavy atom. The number of carbonyl (C=O) groups excluding carboxylic acids is 2. The summed E-state index contributed by atoms with van der Waals surface area (Å²) in [4.78, 5) is 24.7. The fraction of sp³-hybridized carbons (Fsp3) is 0.467. The lowest BCUT2D eigenvalue weighted by molar-refractivity contribution is -0.155. The number of likely N-dealkylation sites (N-methyl/N-ethyl adjacent to an activating group) is 1. The first-order chi connectivity index (χ1) is 10.9. The van der Waals surface area contributed by atoms with Crippen LogP contribution in [0.5, 0.6) is 0 Å². The Labute approximate surface area is 142 Å². The van der Waals surface area contributed by atoms with Crippen LogP contribution in [0.4, 0.5) is 23.7 Å². The third-order valence-electron chi connectivity index (χ3n) is 2.45. The number of hydrogen-bond acceptors (Lipinski definition) is 4. The average molecular weight is 364 g/mol. The Morgan fingerprint density at radius 3 is 2.42 bits per heavy atom. The predicted octanol–water partition coefficient (Wildman–Crippen LogP) is 4.10. The molecule has 0 unspecified atom stereocenters. The molecule has 1 aromatic rings. The van der Waals surface area contributed by atoms with Gasteiger partial charge in [-0.3, -0.25) is 4.79 Å². The van der Waals surface area contributed by atoms with Crippen LogP contribution in [0.2, 0.25) is 0 Å². The lowest BCUT2D eigenvalue weighted by Crippen LogP contribution is -2.38. The van der Waals surface area contributed by atoms with E-state index in [1.807, 2.05) is 0 Å². The van der Waals surface area contributed by atoms with Gasteiger partial charge in [-0.25, -0.2) is 4.79 Å². The van der Waals surface area contributed by atoms with Crippen LogP contribution in [0.15, 0.2) is 29.2 Å². The molecule has 0 saturated carbocycles. The van der Waals surface area contributed by atoms with Crippen molar-refractivity contribution in [2.75, 3.05) is 18.9 Å². The van der Waals surface area contributed by atoms with Crippen LogP contribution in [-0.4, -0.2) is 41.6 Å². The Balaban J connectivity index is 2.64. The molecule has 0 fully saturated rings. The van der Waals surface area contributed by atoms with E-state index >= 15 is 0 Å². The zero-order valence-electron chi connectivity index (χ0n) is 13.7. The van der Waals surface area contributed by atoms with Crippen molar-refractivity contribution >= 4 is 29.4 Å². The van der Waals surface area contributed by atoms with E-state index in [1.165, 1.54) is 31.3 Å². The number of benzene rings is 1. The van der Waals surface area contributed by atoms with Gasteiger partial charge < -0.3 is 15.0 Å². The van der Waals surface area contributed by atoms with Crippen molar-refractivity contribution in [2.24, 2.45) is 0 Å². The molecule has 24 heavy (non-hydrogen) atoms. The molecule has 0 bridgehead atoms. The summed E-state index contributed by atoms with van der Waals surface area (Å²) in [6.07, 6.45) is 0. The van der Waals surface area contributed by atoms with E-state index in [-0.39, 0.29) is 28.9 Å². The van der Waals surface area contributed by atoms with E-state index in [1.54, 1.807) is 20.8 Å². The molecule has 0 aliphatic rings. The van der Waals surface area contributed by atoms with Crippen molar-refractivity contribution in [1.82, 2.24) is 4.90 Å². The summed E-state index contributed by atoms with van der Waals surface area (Å²) in [7, 11) is 1.38. The number of nitrogens with one attached hydrogen (secondary N) is 1. The first-order valence-electron chi connectivity index (χ1n) is 6.95. The number of carbonyl (C=O) groups is 2. The third kappa shape index (κ3) is 8.09. The highest BCUT2D eigenvalue weighted by molar-refractivity contribution is 8.00. The van der Waals surface area contributed by atoms with Gasteiger partial charge in [-0.1, -0.05) is 6.07 Å². The summed E-state index contributed by atoms with van der Waals surface area (Å²) >= 11 is -0.272. The largest absolute Gasteiger partial charge is 0.459 e. The second kappa shape index (κ2) is 7.78. The minimum Gasteiger partial charge on any atom is -0.459 e. The SMILES string of the molecule is CN(CC(=O)OC(C)(C)C)C(=O)Nc1cccc(SC(F)(F)F)c1. The number of alkyl halides is 3. The van der Waals surface area contributed by atoms with Crippen molar-refractivity contribution in [3.05, 3.63) is 24.3 Å². The van der Waals surface area contributed by atoms with Crippen LogP contribution >= 0.6 is 11.8 Å². The summed E-state index contributed by atoms with van der Waals surface area (Å²) in [5.74, 6) is -0.582. The van der Waals surface area contributed by atoms with Gasteiger partial charge in [-0.15, -0.1) is 0 Å². The molecule has 2 amide bonds. The molecule has 0 heterocycles. The topological polar surface area (TPSA) is 58.6 Å². The summed E-state index contributed by atoms with van der Waals surface area (Å²) in [6.45, 7) is 4.83. The lowest BCUT2D eigenvalue weighted by atomic mass is 10.2. The maximum Gasteiger partial charge on any atom is 0.446 e. The fourth-order valence-electron chi connectivity index (χ4n) is 1.63. The quantitative estimate of drug-likeness (QED) is 0.645. The fourth-order valence-corrected chi connectivity index (χ4v) is 2.23. The molecule has 1 aromatic carbocycles. The molecule has 0 aromatic heterocycles. The highest BCUT2D eigenvalue weighted by atomic mass is 32.2. The lowest BCUT2D eigenvalue weighted by Gasteiger charge is -2.22. The Bertz CT molecular complexity index is 600. The number of halogens is 3. The molecule has 0 radical (unpaired) electrons. The second-order valence-electron chi connectivity index (χ2n) is 5.95. The van der Waals surface area contributed by atoms with E-state index in [2.05, 4.69) is 5.32 Å². The number of amides is 2. The Hall–Kier alpha value is -1.90. The number of hydrogen-bond donors (Lipinski definition) is 1.